The molecule has 1 heterocycles. The van der Waals surface area contributed by atoms with Gasteiger partial charge in [0.25, 0.3) is 0 Å². The van der Waals surface area contributed by atoms with Crippen molar-refractivity contribution in [1.82, 2.24) is 20.4 Å². The van der Waals surface area contributed by atoms with Gasteiger partial charge in [0.05, 0.1) is 6.54 Å². The molecule has 1 aromatic heterocycles. The number of guanidine groups is 1. The Balaban J connectivity index is 2.40. The zero-order valence-electron chi connectivity index (χ0n) is 13.3. The van der Waals surface area contributed by atoms with Gasteiger partial charge >= 0.3 is 0 Å². The lowest BCUT2D eigenvalue weighted by atomic mass is 10.0. The van der Waals surface area contributed by atoms with Gasteiger partial charge in [-0.3, -0.25) is 9.67 Å². The van der Waals surface area contributed by atoms with E-state index in [-0.39, 0.29) is 6.61 Å². The van der Waals surface area contributed by atoms with Gasteiger partial charge in [0.2, 0.25) is 0 Å². The van der Waals surface area contributed by atoms with E-state index in [9.17, 15) is 0 Å². The molecule has 1 aromatic rings. The fourth-order valence-corrected chi connectivity index (χ4v) is 2.20. The number of aliphatic hydroxyl groups is 1. The van der Waals surface area contributed by atoms with Gasteiger partial charge in [-0.2, -0.15) is 5.10 Å². The Bertz CT molecular complexity index is 371. The van der Waals surface area contributed by atoms with E-state index in [1.54, 1.807) is 6.20 Å². The fourth-order valence-electron chi connectivity index (χ4n) is 2.20. The largest absolute Gasteiger partial charge is 0.396 e. The summed E-state index contributed by atoms with van der Waals surface area (Å²) in [6, 6.07) is 1.92. The van der Waals surface area contributed by atoms with Gasteiger partial charge in [0.1, 0.15) is 0 Å². The lowest BCUT2D eigenvalue weighted by Gasteiger charge is -2.15. The molecule has 0 bridgehead atoms. The molecule has 0 radical (unpaired) electrons. The average molecular weight is 295 g/mol. The van der Waals surface area contributed by atoms with E-state index in [2.05, 4.69) is 34.6 Å². The second kappa shape index (κ2) is 11.1. The fraction of sp³-hybridized carbons (Fsp3) is 0.733. The predicted octanol–water partition coefficient (Wildman–Crippen LogP) is 1.24. The van der Waals surface area contributed by atoms with E-state index in [0.29, 0.717) is 5.92 Å². The van der Waals surface area contributed by atoms with Crippen LogP contribution in [0.15, 0.2) is 23.5 Å². The summed E-state index contributed by atoms with van der Waals surface area (Å²) in [5, 5.41) is 19.8. The van der Waals surface area contributed by atoms with Crippen LogP contribution in [-0.2, 0) is 6.54 Å². The molecule has 1 rings (SSSR count). The molecule has 6 heteroatoms. The van der Waals surface area contributed by atoms with Crippen molar-refractivity contribution in [3.8, 4) is 0 Å². The number of hydrogen-bond donors (Lipinski definition) is 3. The first kappa shape index (κ1) is 17.5. The Kier molecular flexibility index (Phi) is 9.28. The highest BCUT2D eigenvalue weighted by Gasteiger charge is 2.07. The minimum atomic E-state index is 0.240. The third-order valence-electron chi connectivity index (χ3n) is 3.28. The summed E-state index contributed by atoms with van der Waals surface area (Å²) in [6.07, 6.45) is 6.79. The molecule has 120 valence electrons. The summed E-state index contributed by atoms with van der Waals surface area (Å²) in [4.78, 5) is 4.62. The first-order chi connectivity index (χ1) is 10.3. The molecule has 0 aliphatic rings. The van der Waals surface area contributed by atoms with Crippen molar-refractivity contribution in [2.45, 2.75) is 39.7 Å². The smallest absolute Gasteiger partial charge is 0.191 e. The van der Waals surface area contributed by atoms with Crippen LogP contribution in [0, 0.1) is 5.92 Å². The average Bonchev–Trinajstić information content (AvgIpc) is 2.98. The zero-order valence-corrected chi connectivity index (χ0v) is 13.3. The Hall–Kier alpha value is -1.56. The molecule has 1 atom stereocenters. The van der Waals surface area contributed by atoms with Gasteiger partial charge in [0.15, 0.2) is 5.96 Å². The highest BCUT2D eigenvalue weighted by Crippen LogP contribution is 2.10. The van der Waals surface area contributed by atoms with Gasteiger partial charge in [0, 0.05) is 38.6 Å². The maximum Gasteiger partial charge on any atom is 0.191 e. The number of hydrogen-bond acceptors (Lipinski definition) is 3. The highest BCUT2D eigenvalue weighted by atomic mass is 16.3. The Morgan fingerprint density at radius 2 is 2.19 bits per heavy atom. The first-order valence-electron chi connectivity index (χ1n) is 7.90. The lowest BCUT2D eigenvalue weighted by molar-refractivity contribution is 0.253. The molecule has 0 saturated carbocycles. The Labute approximate surface area is 127 Å². The predicted molar refractivity (Wildman–Crippen MR) is 86.3 cm³/mol. The molecule has 6 nitrogen and oxygen atoms in total. The summed E-state index contributed by atoms with van der Waals surface area (Å²) in [5.41, 5.74) is 0. The molecule has 0 fully saturated rings. The number of aromatic nitrogens is 2. The van der Waals surface area contributed by atoms with Crippen LogP contribution in [0.4, 0.5) is 0 Å². The minimum Gasteiger partial charge on any atom is -0.396 e. The van der Waals surface area contributed by atoms with Crippen molar-refractivity contribution in [3.63, 3.8) is 0 Å². The third kappa shape index (κ3) is 7.70. The molecule has 0 aromatic carbocycles. The summed E-state index contributed by atoms with van der Waals surface area (Å²) >= 11 is 0. The first-order valence-corrected chi connectivity index (χ1v) is 7.90. The second-order valence-electron chi connectivity index (χ2n) is 5.08. The Morgan fingerprint density at radius 1 is 1.33 bits per heavy atom. The van der Waals surface area contributed by atoms with Crippen molar-refractivity contribution < 1.29 is 5.11 Å². The molecular formula is C15H29N5O. The SMILES string of the molecule is CCCC(CCO)CN=C(NCC)NCCn1cccn1. The van der Waals surface area contributed by atoms with Crippen LogP contribution in [0.2, 0.25) is 0 Å². The highest BCUT2D eigenvalue weighted by molar-refractivity contribution is 5.79. The maximum absolute atomic E-state index is 9.09. The summed E-state index contributed by atoms with van der Waals surface area (Å²) < 4.78 is 1.89. The van der Waals surface area contributed by atoms with Crippen LogP contribution < -0.4 is 10.6 Å². The van der Waals surface area contributed by atoms with E-state index in [4.69, 9.17) is 5.11 Å². The molecule has 0 aliphatic carbocycles. The summed E-state index contributed by atoms with van der Waals surface area (Å²) in [6.45, 7) is 7.66. The van der Waals surface area contributed by atoms with E-state index < -0.39 is 0 Å². The third-order valence-corrected chi connectivity index (χ3v) is 3.28. The van der Waals surface area contributed by atoms with Gasteiger partial charge in [-0.1, -0.05) is 13.3 Å². The number of rotatable bonds is 10. The molecule has 1 unspecified atom stereocenters. The van der Waals surface area contributed by atoms with Crippen LogP contribution in [0.3, 0.4) is 0 Å². The van der Waals surface area contributed by atoms with Crippen molar-refractivity contribution in [1.29, 1.82) is 0 Å². The van der Waals surface area contributed by atoms with Crippen LogP contribution >= 0.6 is 0 Å². The second-order valence-corrected chi connectivity index (χ2v) is 5.08. The summed E-state index contributed by atoms with van der Waals surface area (Å²) in [7, 11) is 0. The molecule has 0 saturated heterocycles. The number of nitrogens with one attached hydrogen (secondary N) is 2. The van der Waals surface area contributed by atoms with Crippen LogP contribution in [0.1, 0.15) is 33.1 Å². The Morgan fingerprint density at radius 3 is 2.81 bits per heavy atom. The van der Waals surface area contributed by atoms with Gasteiger partial charge in [-0.05, 0) is 31.7 Å². The van der Waals surface area contributed by atoms with Crippen LogP contribution in [-0.4, -0.2) is 47.1 Å². The summed E-state index contributed by atoms with van der Waals surface area (Å²) in [5.74, 6) is 1.30. The van der Waals surface area contributed by atoms with Crippen LogP contribution in [0.5, 0.6) is 0 Å². The quantitative estimate of drug-likeness (QED) is 0.448. The van der Waals surface area contributed by atoms with E-state index in [1.807, 2.05) is 16.9 Å². The number of nitrogens with zero attached hydrogens (tertiary/aromatic N) is 3. The van der Waals surface area contributed by atoms with Crippen molar-refractivity contribution in [3.05, 3.63) is 18.5 Å². The topological polar surface area (TPSA) is 74.5 Å². The number of aliphatic imine (C=N–C) groups is 1. The molecule has 0 spiro atoms. The van der Waals surface area contributed by atoms with Crippen molar-refractivity contribution >= 4 is 5.96 Å². The van der Waals surface area contributed by atoms with Crippen molar-refractivity contribution in [2.75, 3.05) is 26.2 Å². The standard InChI is InChI=1S/C15H29N5O/c1-3-6-14(7-12-21)13-18-15(16-4-2)17-9-11-20-10-5-8-19-20/h5,8,10,14,21H,3-4,6-7,9,11-13H2,1-2H3,(H2,16,17,18). The molecule has 0 aliphatic heterocycles. The van der Waals surface area contributed by atoms with Crippen LogP contribution in [0.25, 0.3) is 0 Å². The zero-order chi connectivity index (χ0) is 15.3. The number of aliphatic hydroxyl groups excluding tert-OH is 1. The monoisotopic (exact) mass is 295 g/mol. The van der Waals surface area contributed by atoms with E-state index in [1.165, 1.54) is 0 Å². The molecule has 0 amide bonds. The van der Waals surface area contributed by atoms with E-state index in [0.717, 1.165) is 51.4 Å². The van der Waals surface area contributed by atoms with E-state index >= 15 is 0 Å². The normalized spacial score (nSPS) is 13.2. The van der Waals surface area contributed by atoms with Gasteiger partial charge in [-0.15, -0.1) is 0 Å². The lowest BCUT2D eigenvalue weighted by Crippen LogP contribution is -2.39. The molecular weight excluding hydrogens is 266 g/mol. The molecule has 3 N–H and O–H groups in total. The van der Waals surface area contributed by atoms with Crippen molar-refractivity contribution in [2.24, 2.45) is 10.9 Å². The van der Waals surface area contributed by atoms with Gasteiger partial charge in [-0.25, -0.2) is 0 Å². The maximum atomic E-state index is 9.09. The van der Waals surface area contributed by atoms with Gasteiger partial charge < -0.3 is 15.7 Å². The minimum absolute atomic E-state index is 0.240. The molecule has 21 heavy (non-hydrogen) atoms.